The zero-order chi connectivity index (χ0) is 19.7. The van der Waals surface area contributed by atoms with Crippen LogP contribution in [0.3, 0.4) is 0 Å². The molecule has 1 atom stereocenters. The maximum Gasteiger partial charge on any atom is 0.329 e. The summed E-state index contributed by atoms with van der Waals surface area (Å²) < 4.78 is 47.8. The third kappa shape index (κ3) is 3.40. The van der Waals surface area contributed by atoms with E-state index in [1.807, 2.05) is 0 Å². The number of sulfonamides is 1. The van der Waals surface area contributed by atoms with Crippen molar-refractivity contribution in [1.82, 2.24) is 4.90 Å². The van der Waals surface area contributed by atoms with Crippen LogP contribution in [0.2, 0.25) is 0 Å². The van der Waals surface area contributed by atoms with E-state index in [9.17, 15) is 17.6 Å². The fourth-order valence-electron chi connectivity index (χ4n) is 3.59. The Morgan fingerprint density at radius 2 is 1.89 bits per heavy atom. The lowest BCUT2D eigenvalue weighted by atomic mass is 10.0. The zero-order valence-corrected chi connectivity index (χ0v) is 15.9. The first-order chi connectivity index (χ1) is 13.5. The molecule has 28 heavy (non-hydrogen) atoms. The second-order valence-electron chi connectivity index (χ2n) is 6.79. The van der Waals surface area contributed by atoms with Gasteiger partial charge in [-0.25, -0.2) is 9.18 Å². The van der Waals surface area contributed by atoms with Gasteiger partial charge in [0.05, 0.1) is 0 Å². The Labute approximate surface area is 162 Å². The molecule has 1 saturated heterocycles. The van der Waals surface area contributed by atoms with E-state index in [2.05, 4.69) is 4.40 Å². The van der Waals surface area contributed by atoms with Crippen molar-refractivity contribution < 1.29 is 22.3 Å². The van der Waals surface area contributed by atoms with Gasteiger partial charge < -0.3 is 9.64 Å². The normalized spacial score (nSPS) is 20.4. The van der Waals surface area contributed by atoms with E-state index < -0.39 is 27.9 Å². The first kappa shape index (κ1) is 18.6. The van der Waals surface area contributed by atoms with Crippen LogP contribution in [-0.2, 0) is 26.2 Å². The third-order valence-electron chi connectivity index (χ3n) is 4.99. The minimum atomic E-state index is -3.77. The Kier molecular flexibility index (Phi) is 4.89. The number of halogens is 1. The molecule has 4 rings (SSSR count). The number of carbonyl (C=O) groups is 1. The number of amidine groups is 1. The van der Waals surface area contributed by atoms with Gasteiger partial charge in [0.1, 0.15) is 23.4 Å². The van der Waals surface area contributed by atoms with Gasteiger partial charge in [-0.2, -0.15) is 8.42 Å². The van der Waals surface area contributed by atoms with Crippen molar-refractivity contribution in [3.8, 4) is 0 Å². The van der Waals surface area contributed by atoms with Crippen molar-refractivity contribution in [3.05, 3.63) is 65.5 Å². The summed E-state index contributed by atoms with van der Waals surface area (Å²) in [6, 6.07) is 12.0. The van der Waals surface area contributed by atoms with Crippen LogP contribution < -0.4 is 0 Å². The number of hydrogen-bond donors (Lipinski definition) is 0. The predicted octanol–water partition coefficient (Wildman–Crippen LogP) is 2.87. The molecule has 146 valence electrons. The van der Waals surface area contributed by atoms with E-state index in [-0.39, 0.29) is 17.3 Å². The number of fused-ring (bicyclic) bond motifs is 1. The summed E-state index contributed by atoms with van der Waals surface area (Å²) in [5.41, 5.74) is 0.792. The zero-order valence-electron chi connectivity index (χ0n) is 15.0. The van der Waals surface area contributed by atoms with Gasteiger partial charge in [-0.3, -0.25) is 0 Å². The van der Waals surface area contributed by atoms with Crippen molar-refractivity contribution in [1.29, 1.82) is 0 Å². The van der Waals surface area contributed by atoms with E-state index in [0.717, 1.165) is 12.8 Å². The number of esters is 1. The van der Waals surface area contributed by atoms with Crippen molar-refractivity contribution in [2.24, 2.45) is 4.40 Å². The summed E-state index contributed by atoms with van der Waals surface area (Å²) in [6.07, 6.45) is 2.16. The second kappa shape index (κ2) is 7.35. The number of likely N-dealkylation sites (tertiary alicyclic amines) is 1. The van der Waals surface area contributed by atoms with E-state index in [1.54, 1.807) is 41.3 Å². The minimum absolute atomic E-state index is 0.147. The van der Waals surface area contributed by atoms with Crippen LogP contribution in [0.1, 0.15) is 30.4 Å². The Morgan fingerprint density at radius 3 is 2.71 bits per heavy atom. The monoisotopic (exact) mass is 402 g/mol. The molecule has 2 aliphatic heterocycles. The van der Waals surface area contributed by atoms with Crippen LogP contribution >= 0.6 is 0 Å². The minimum Gasteiger partial charge on any atom is -0.459 e. The van der Waals surface area contributed by atoms with Crippen molar-refractivity contribution in [2.75, 3.05) is 6.54 Å². The number of piperidine rings is 1. The molecule has 0 unspecified atom stereocenters. The summed E-state index contributed by atoms with van der Waals surface area (Å²) in [7, 11) is -3.77. The van der Waals surface area contributed by atoms with E-state index in [0.29, 0.717) is 24.1 Å². The molecule has 0 radical (unpaired) electrons. The molecule has 6 nitrogen and oxygen atoms in total. The average Bonchev–Trinajstić information content (AvgIpc) is 2.98. The molecule has 2 aliphatic rings. The van der Waals surface area contributed by atoms with Gasteiger partial charge >= 0.3 is 5.97 Å². The highest BCUT2D eigenvalue weighted by molar-refractivity contribution is 7.90. The fourth-order valence-corrected chi connectivity index (χ4v) is 4.80. The number of carbonyl (C=O) groups excluding carboxylic acids is 1. The second-order valence-corrected chi connectivity index (χ2v) is 8.36. The molecule has 2 aromatic rings. The molecule has 1 fully saturated rings. The lowest BCUT2D eigenvalue weighted by Crippen LogP contribution is -2.48. The quantitative estimate of drug-likeness (QED) is 0.738. The SMILES string of the molecule is O=C(OCc1ccccc1F)[C@@H]1CCCCN1C1=NS(=O)(=O)c2ccccc21. The molecular weight excluding hydrogens is 383 g/mol. The Hall–Kier alpha value is -2.74. The number of hydrogen-bond acceptors (Lipinski definition) is 5. The Bertz CT molecular complexity index is 1050. The van der Waals surface area contributed by atoms with Crippen molar-refractivity contribution in [2.45, 2.75) is 36.8 Å². The smallest absolute Gasteiger partial charge is 0.329 e. The van der Waals surface area contributed by atoms with Gasteiger partial charge in [0.15, 0.2) is 5.84 Å². The van der Waals surface area contributed by atoms with Gasteiger partial charge in [0, 0.05) is 17.7 Å². The van der Waals surface area contributed by atoms with Crippen LogP contribution in [0.25, 0.3) is 0 Å². The number of benzene rings is 2. The molecule has 0 amide bonds. The molecule has 0 spiro atoms. The molecule has 2 aromatic carbocycles. The predicted molar refractivity (Wildman–Crippen MR) is 101 cm³/mol. The maximum absolute atomic E-state index is 13.8. The molecule has 0 N–H and O–H groups in total. The van der Waals surface area contributed by atoms with Crippen molar-refractivity contribution >= 4 is 21.8 Å². The van der Waals surface area contributed by atoms with Crippen LogP contribution in [0, 0.1) is 5.82 Å². The largest absolute Gasteiger partial charge is 0.459 e. The molecule has 0 bridgehead atoms. The Balaban J connectivity index is 1.57. The standard InChI is InChI=1S/C20H19FN2O4S/c21-16-9-3-1-7-14(16)13-27-20(24)17-10-5-6-12-23(17)19-15-8-2-4-11-18(15)28(25,26)22-19/h1-4,7-9,11,17H,5-6,10,12-13H2/t17-/m0/s1. The molecule has 2 heterocycles. The fraction of sp³-hybridized carbons (Fsp3) is 0.300. The van der Waals surface area contributed by atoms with Crippen LogP contribution in [0.4, 0.5) is 4.39 Å². The van der Waals surface area contributed by atoms with Crippen molar-refractivity contribution in [3.63, 3.8) is 0 Å². The van der Waals surface area contributed by atoms with Gasteiger partial charge in [-0.15, -0.1) is 4.40 Å². The molecular formula is C20H19FN2O4S. The first-order valence-corrected chi connectivity index (χ1v) is 10.5. The highest BCUT2D eigenvalue weighted by atomic mass is 32.2. The first-order valence-electron chi connectivity index (χ1n) is 9.08. The maximum atomic E-state index is 13.8. The summed E-state index contributed by atoms with van der Waals surface area (Å²) in [6.45, 7) is 0.333. The molecule has 0 aliphatic carbocycles. The van der Waals surface area contributed by atoms with Gasteiger partial charge in [0.2, 0.25) is 0 Å². The lowest BCUT2D eigenvalue weighted by Gasteiger charge is -2.35. The van der Waals surface area contributed by atoms with E-state index in [1.165, 1.54) is 12.1 Å². The van der Waals surface area contributed by atoms with E-state index in [4.69, 9.17) is 4.74 Å². The summed E-state index contributed by atoms with van der Waals surface area (Å²) >= 11 is 0. The molecule has 8 heteroatoms. The van der Waals surface area contributed by atoms with E-state index >= 15 is 0 Å². The van der Waals surface area contributed by atoms with Crippen LogP contribution in [0.15, 0.2) is 57.8 Å². The number of rotatable bonds is 3. The molecule has 0 aromatic heterocycles. The van der Waals surface area contributed by atoms with Crippen LogP contribution in [-0.4, -0.2) is 37.7 Å². The number of ether oxygens (including phenoxy) is 1. The topological polar surface area (TPSA) is 76.0 Å². The average molecular weight is 402 g/mol. The summed E-state index contributed by atoms with van der Waals surface area (Å²) in [5.74, 6) is -0.661. The number of nitrogens with zero attached hydrogens (tertiary/aromatic N) is 2. The van der Waals surface area contributed by atoms with Crippen LogP contribution in [0.5, 0.6) is 0 Å². The third-order valence-corrected chi connectivity index (χ3v) is 6.31. The van der Waals surface area contributed by atoms with Gasteiger partial charge in [-0.1, -0.05) is 30.3 Å². The summed E-state index contributed by atoms with van der Waals surface area (Å²) in [5, 5.41) is 0. The summed E-state index contributed by atoms with van der Waals surface area (Å²) in [4.78, 5) is 14.6. The highest BCUT2D eigenvalue weighted by Gasteiger charge is 2.38. The highest BCUT2D eigenvalue weighted by Crippen LogP contribution is 2.31. The van der Waals surface area contributed by atoms with Gasteiger partial charge in [-0.05, 0) is 37.5 Å². The Morgan fingerprint density at radius 1 is 1.14 bits per heavy atom. The molecule has 0 saturated carbocycles. The van der Waals surface area contributed by atoms with Gasteiger partial charge in [0.25, 0.3) is 10.0 Å². The lowest BCUT2D eigenvalue weighted by molar-refractivity contribution is -0.151.